The van der Waals surface area contributed by atoms with Crippen LogP contribution in [0.4, 0.5) is 0 Å². The number of nitrogens with zero attached hydrogens (tertiary/aromatic N) is 4. The Morgan fingerprint density at radius 2 is 1.58 bits per heavy atom. The molecule has 5 nitrogen and oxygen atoms in total. The standard InChI is InChI=1S/C26H29N5/c1(2-9-18-31-21-26(29-30-31)24-14-10-17-28-20-24)8-16-27-19-23-13-6-7-15-25(23)22-11-4-3-5-12-22/h3-7,10-15,17,20-21,27H,1-2,8-9,16,18-19H2. The zero-order valence-corrected chi connectivity index (χ0v) is 17.8. The minimum atomic E-state index is 0.882. The number of hydrogen-bond acceptors (Lipinski definition) is 4. The Morgan fingerprint density at radius 1 is 0.774 bits per heavy atom. The highest BCUT2D eigenvalue weighted by molar-refractivity contribution is 5.67. The molecule has 0 saturated carbocycles. The van der Waals surface area contributed by atoms with Crippen LogP contribution >= 0.6 is 0 Å². The monoisotopic (exact) mass is 411 g/mol. The number of hydrogen-bond donors (Lipinski definition) is 1. The molecule has 2 aromatic heterocycles. The summed E-state index contributed by atoms with van der Waals surface area (Å²) in [5, 5.41) is 12.1. The highest BCUT2D eigenvalue weighted by Crippen LogP contribution is 2.23. The third-order valence-corrected chi connectivity index (χ3v) is 5.40. The van der Waals surface area contributed by atoms with E-state index in [-0.39, 0.29) is 0 Å². The van der Waals surface area contributed by atoms with Crippen molar-refractivity contribution in [1.29, 1.82) is 0 Å². The molecule has 5 heteroatoms. The van der Waals surface area contributed by atoms with Gasteiger partial charge in [-0.3, -0.25) is 9.67 Å². The molecule has 0 unspecified atom stereocenters. The van der Waals surface area contributed by atoms with Gasteiger partial charge in [0.25, 0.3) is 0 Å². The molecule has 4 aromatic rings. The fraction of sp³-hybridized carbons (Fsp3) is 0.269. The maximum absolute atomic E-state index is 4.25. The summed E-state index contributed by atoms with van der Waals surface area (Å²) < 4.78 is 1.93. The highest BCUT2D eigenvalue weighted by Gasteiger charge is 2.05. The second kappa shape index (κ2) is 11.2. The van der Waals surface area contributed by atoms with Crippen molar-refractivity contribution in [3.63, 3.8) is 0 Å². The normalized spacial score (nSPS) is 11.0. The third-order valence-electron chi connectivity index (χ3n) is 5.40. The second-order valence-corrected chi connectivity index (χ2v) is 7.72. The Morgan fingerprint density at radius 3 is 2.45 bits per heavy atom. The first-order valence-corrected chi connectivity index (χ1v) is 11.0. The summed E-state index contributed by atoms with van der Waals surface area (Å²) in [5.74, 6) is 0. The fourth-order valence-corrected chi connectivity index (χ4v) is 3.73. The van der Waals surface area contributed by atoms with Gasteiger partial charge in [0.1, 0.15) is 5.69 Å². The molecule has 0 amide bonds. The Bertz CT molecular complexity index is 1040. The van der Waals surface area contributed by atoms with Gasteiger partial charge in [0.05, 0.1) is 6.20 Å². The van der Waals surface area contributed by atoms with E-state index >= 15 is 0 Å². The molecule has 0 spiro atoms. The number of pyridine rings is 1. The lowest BCUT2D eigenvalue weighted by Gasteiger charge is -2.11. The molecule has 0 bridgehead atoms. The lowest BCUT2D eigenvalue weighted by atomic mass is 10.00. The largest absolute Gasteiger partial charge is 0.313 e. The van der Waals surface area contributed by atoms with Gasteiger partial charge in [0, 0.05) is 31.0 Å². The molecule has 158 valence electrons. The van der Waals surface area contributed by atoms with E-state index in [1.54, 1.807) is 6.20 Å². The van der Waals surface area contributed by atoms with E-state index in [0.29, 0.717) is 0 Å². The predicted octanol–water partition coefficient (Wildman–Crippen LogP) is 5.36. The van der Waals surface area contributed by atoms with Gasteiger partial charge in [-0.15, -0.1) is 5.10 Å². The Kier molecular flexibility index (Phi) is 7.55. The van der Waals surface area contributed by atoms with Crippen molar-refractivity contribution in [3.8, 4) is 22.4 Å². The molecule has 0 radical (unpaired) electrons. The van der Waals surface area contributed by atoms with Crippen LogP contribution in [0.2, 0.25) is 0 Å². The second-order valence-electron chi connectivity index (χ2n) is 7.72. The first-order valence-electron chi connectivity index (χ1n) is 11.0. The van der Waals surface area contributed by atoms with Crippen LogP contribution < -0.4 is 5.32 Å². The number of aromatic nitrogens is 4. The van der Waals surface area contributed by atoms with Crippen LogP contribution in [0.15, 0.2) is 85.3 Å². The van der Waals surface area contributed by atoms with Gasteiger partial charge >= 0.3 is 0 Å². The molecular weight excluding hydrogens is 382 g/mol. The van der Waals surface area contributed by atoms with Crippen molar-refractivity contribution in [2.24, 2.45) is 0 Å². The molecule has 0 fully saturated rings. The van der Waals surface area contributed by atoms with Crippen LogP contribution in [-0.4, -0.2) is 26.5 Å². The minimum Gasteiger partial charge on any atom is -0.313 e. The quantitative estimate of drug-likeness (QED) is 0.338. The van der Waals surface area contributed by atoms with E-state index in [4.69, 9.17) is 0 Å². The molecule has 0 aliphatic rings. The van der Waals surface area contributed by atoms with Crippen LogP contribution in [0.1, 0.15) is 31.2 Å². The molecule has 4 rings (SSSR count). The van der Waals surface area contributed by atoms with Crippen LogP contribution in [0, 0.1) is 0 Å². The number of rotatable bonds is 11. The molecular formula is C26H29N5. The van der Waals surface area contributed by atoms with Gasteiger partial charge in [-0.1, -0.05) is 72.7 Å². The maximum atomic E-state index is 4.25. The molecule has 2 heterocycles. The predicted molar refractivity (Wildman–Crippen MR) is 125 cm³/mol. The van der Waals surface area contributed by atoms with Crippen LogP contribution in [-0.2, 0) is 13.1 Å². The van der Waals surface area contributed by atoms with Crippen LogP contribution in [0.25, 0.3) is 22.4 Å². The lowest BCUT2D eigenvalue weighted by molar-refractivity contribution is 0.514. The van der Waals surface area contributed by atoms with E-state index < -0.39 is 0 Å². The van der Waals surface area contributed by atoms with E-state index in [9.17, 15) is 0 Å². The van der Waals surface area contributed by atoms with Crippen molar-refractivity contribution >= 4 is 0 Å². The Labute approximate surface area is 184 Å². The van der Waals surface area contributed by atoms with E-state index in [0.717, 1.165) is 37.3 Å². The van der Waals surface area contributed by atoms with Gasteiger partial charge in [-0.05, 0) is 48.2 Å². The SMILES string of the molecule is c1ccc(-c2ccccc2CNCCCCCCn2cc(-c3cccnc3)nn2)cc1. The topological polar surface area (TPSA) is 55.6 Å². The van der Waals surface area contributed by atoms with Crippen LogP contribution in [0.3, 0.4) is 0 Å². The highest BCUT2D eigenvalue weighted by atomic mass is 15.4. The molecule has 0 atom stereocenters. The molecule has 0 aliphatic carbocycles. The van der Waals surface area contributed by atoms with Gasteiger partial charge < -0.3 is 5.32 Å². The Hall–Kier alpha value is -3.31. The minimum absolute atomic E-state index is 0.882. The van der Waals surface area contributed by atoms with Crippen molar-refractivity contribution < 1.29 is 0 Å². The first kappa shape index (κ1) is 20.9. The van der Waals surface area contributed by atoms with Crippen LogP contribution in [0.5, 0.6) is 0 Å². The summed E-state index contributed by atoms with van der Waals surface area (Å²) >= 11 is 0. The van der Waals surface area contributed by atoms with Gasteiger partial charge in [-0.25, -0.2) is 0 Å². The zero-order chi connectivity index (χ0) is 21.1. The summed E-state index contributed by atoms with van der Waals surface area (Å²) in [5.41, 5.74) is 5.83. The van der Waals surface area contributed by atoms with E-state index in [1.165, 1.54) is 36.0 Å². The fourth-order valence-electron chi connectivity index (χ4n) is 3.73. The molecule has 0 saturated heterocycles. The van der Waals surface area contributed by atoms with Gasteiger partial charge in [0.2, 0.25) is 0 Å². The van der Waals surface area contributed by atoms with E-state index in [1.807, 2.05) is 29.2 Å². The van der Waals surface area contributed by atoms with Gasteiger partial charge in [-0.2, -0.15) is 0 Å². The van der Waals surface area contributed by atoms with Crippen molar-refractivity contribution in [1.82, 2.24) is 25.3 Å². The van der Waals surface area contributed by atoms with Crippen molar-refractivity contribution in [2.45, 2.75) is 38.8 Å². The summed E-state index contributed by atoms with van der Waals surface area (Å²) in [7, 11) is 0. The first-order chi connectivity index (χ1) is 15.4. The van der Waals surface area contributed by atoms with Crippen molar-refractivity contribution in [3.05, 3.63) is 90.9 Å². The molecule has 31 heavy (non-hydrogen) atoms. The average molecular weight is 412 g/mol. The summed E-state index contributed by atoms with van der Waals surface area (Å²) in [4.78, 5) is 4.14. The number of aryl methyl sites for hydroxylation is 1. The third kappa shape index (κ3) is 6.09. The number of unbranched alkanes of at least 4 members (excludes halogenated alkanes) is 3. The summed E-state index contributed by atoms with van der Waals surface area (Å²) in [6.07, 6.45) is 10.3. The van der Waals surface area contributed by atoms with Crippen molar-refractivity contribution in [2.75, 3.05) is 6.54 Å². The summed E-state index contributed by atoms with van der Waals surface area (Å²) in [6.45, 7) is 2.85. The molecule has 2 aromatic carbocycles. The maximum Gasteiger partial charge on any atom is 0.114 e. The van der Waals surface area contributed by atoms with Gasteiger partial charge in [0.15, 0.2) is 0 Å². The number of nitrogens with one attached hydrogen (secondary N) is 1. The zero-order valence-electron chi connectivity index (χ0n) is 17.8. The molecule has 1 N–H and O–H groups in total. The smallest absolute Gasteiger partial charge is 0.114 e. The molecule has 0 aliphatic heterocycles. The summed E-state index contributed by atoms with van der Waals surface area (Å²) in [6, 6.07) is 23.2. The van der Waals surface area contributed by atoms with E-state index in [2.05, 4.69) is 75.2 Å². The average Bonchev–Trinajstić information content (AvgIpc) is 3.31. The number of benzene rings is 2. The lowest BCUT2D eigenvalue weighted by Crippen LogP contribution is -2.15. The Balaban J connectivity index is 1.13.